The number of hydrogen-bond acceptors (Lipinski definition) is 4. The molecule has 6 nitrogen and oxygen atoms in total. The van der Waals surface area contributed by atoms with Gasteiger partial charge in [0.05, 0.1) is 5.69 Å². The second-order valence-corrected chi connectivity index (χ2v) is 3.41. The van der Waals surface area contributed by atoms with Gasteiger partial charge in [-0.15, -0.1) is 0 Å². The number of hydrogen-bond donors (Lipinski definition) is 3. The first-order chi connectivity index (χ1) is 7.58. The maximum Gasteiger partial charge on any atom is 0.328 e. The van der Waals surface area contributed by atoms with Crippen LogP contribution in [0.25, 0.3) is 0 Å². The average molecular weight is 240 g/mol. The van der Waals surface area contributed by atoms with Crippen LogP contribution < -0.4 is 10.6 Å². The van der Waals surface area contributed by atoms with Gasteiger partial charge in [-0.3, -0.25) is 10.1 Å². The second kappa shape index (κ2) is 5.66. The lowest BCUT2D eigenvalue weighted by molar-refractivity contribution is -0.131. The largest absolute Gasteiger partial charge is 0.478 e. The van der Waals surface area contributed by atoms with E-state index in [9.17, 15) is 14.4 Å². The zero-order chi connectivity index (χ0) is 12.0. The molecule has 1 aromatic rings. The summed E-state index contributed by atoms with van der Waals surface area (Å²) in [6.07, 6.45) is 1.41. The van der Waals surface area contributed by atoms with Gasteiger partial charge < -0.3 is 10.4 Å². The van der Waals surface area contributed by atoms with Crippen molar-refractivity contribution in [3.8, 4) is 0 Å². The molecule has 1 rings (SSSR count). The first-order valence-electron chi connectivity index (χ1n) is 4.13. The molecule has 0 aliphatic rings. The number of aliphatic carboxylic acids is 1. The summed E-state index contributed by atoms with van der Waals surface area (Å²) in [5.41, 5.74) is 0.567. The summed E-state index contributed by atoms with van der Waals surface area (Å²) >= 11 is 1.40. The fourth-order valence-corrected chi connectivity index (χ4v) is 1.39. The molecule has 16 heavy (non-hydrogen) atoms. The van der Waals surface area contributed by atoms with E-state index in [0.717, 1.165) is 6.08 Å². The number of amides is 3. The third-order valence-corrected chi connectivity index (χ3v) is 2.08. The van der Waals surface area contributed by atoms with Crippen molar-refractivity contribution in [2.24, 2.45) is 0 Å². The van der Waals surface area contributed by atoms with Crippen LogP contribution in [0, 0.1) is 0 Å². The SMILES string of the molecule is O=C(O)C=CC(=O)NC(=O)Nc1ccsc1. The van der Waals surface area contributed by atoms with E-state index in [4.69, 9.17) is 5.11 Å². The fraction of sp³-hybridized carbons (Fsp3) is 0. The summed E-state index contributed by atoms with van der Waals surface area (Å²) in [5.74, 6) is -2.05. The predicted molar refractivity (Wildman–Crippen MR) is 58.3 cm³/mol. The monoisotopic (exact) mass is 240 g/mol. The van der Waals surface area contributed by atoms with Gasteiger partial charge in [0.15, 0.2) is 0 Å². The molecule has 0 spiro atoms. The number of urea groups is 1. The van der Waals surface area contributed by atoms with Crippen molar-refractivity contribution in [2.45, 2.75) is 0 Å². The van der Waals surface area contributed by atoms with E-state index in [0.29, 0.717) is 11.8 Å². The van der Waals surface area contributed by atoms with E-state index in [1.807, 2.05) is 5.32 Å². The number of carboxylic acids is 1. The minimum absolute atomic E-state index is 0.567. The molecule has 0 radical (unpaired) electrons. The number of rotatable bonds is 3. The highest BCUT2D eigenvalue weighted by atomic mass is 32.1. The van der Waals surface area contributed by atoms with Crippen molar-refractivity contribution in [1.82, 2.24) is 5.32 Å². The first kappa shape index (κ1) is 11.9. The predicted octanol–water partition coefficient (Wildman–Crippen LogP) is 1.04. The van der Waals surface area contributed by atoms with Crippen LogP contribution in [-0.4, -0.2) is 23.0 Å². The normalized spacial score (nSPS) is 10.0. The smallest absolute Gasteiger partial charge is 0.328 e. The summed E-state index contributed by atoms with van der Waals surface area (Å²) in [4.78, 5) is 32.2. The van der Waals surface area contributed by atoms with Crippen molar-refractivity contribution in [1.29, 1.82) is 0 Å². The lowest BCUT2D eigenvalue weighted by atomic mass is 10.4. The lowest BCUT2D eigenvalue weighted by Gasteiger charge is -2.01. The summed E-state index contributed by atoms with van der Waals surface area (Å²) in [7, 11) is 0. The maximum absolute atomic E-state index is 11.1. The van der Waals surface area contributed by atoms with E-state index < -0.39 is 17.9 Å². The molecule has 0 saturated carbocycles. The van der Waals surface area contributed by atoms with Gasteiger partial charge >= 0.3 is 12.0 Å². The molecule has 0 unspecified atom stereocenters. The number of imide groups is 1. The van der Waals surface area contributed by atoms with Crippen LogP contribution in [0.1, 0.15) is 0 Å². The Morgan fingerprint density at radius 2 is 2.06 bits per heavy atom. The van der Waals surface area contributed by atoms with E-state index in [1.165, 1.54) is 11.3 Å². The van der Waals surface area contributed by atoms with Gasteiger partial charge in [0.1, 0.15) is 0 Å². The van der Waals surface area contributed by atoms with Gasteiger partial charge in [-0.05, 0) is 11.4 Å². The van der Waals surface area contributed by atoms with Gasteiger partial charge in [-0.2, -0.15) is 11.3 Å². The van der Waals surface area contributed by atoms with Crippen molar-refractivity contribution < 1.29 is 19.5 Å². The summed E-state index contributed by atoms with van der Waals surface area (Å²) in [6.45, 7) is 0. The summed E-state index contributed by atoms with van der Waals surface area (Å²) in [6, 6.07) is 0.959. The molecule has 3 amide bonds. The second-order valence-electron chi connectivity index (χ2n) is 2.63. The molecule has 7 heteroatoms. The molecule has 0 aliphatic carbocycles. The minimum Gasteiger partial charge on any atom is -0.478 e. The average Bonchev–Trinajstić information content (AvgIpc) is 2.67. The van der Waals surface area contributed by atoms with Crippen molar-refractivity contribution >= 4 is 34.9 Å². The molecule has 1 heterocycles. The third-order valence-electron chi connectivity index (χ3n) is 1.39. The first-order valence-corrected chi connectivity index (χ1v) is 5.07. The van der Waals surface area contributed by atoms with Crippen LogP contribution in [0.3, 0.4) is 0 Å². The summed E-state index contributed by atoms with van der Waals surface area (Å²) in [5, 5.41) is 16.0. The van der Waals surface area contributed by atoms with Crippen LogP contribution in [0.5, 0.6) is 0 Å². The number of carboxylic acid groups (broad SMARTS) is 1. The number of nitrogens with one attached hydrogen (secondary N) is 2. The topological polar surface area (TPSA) is 95.5 Å². The molecule has 0 atom stereocenters. The Hall–Kier alpha value is -2.15. The molecule has 1 aromatic heterocycles. The Balaban J connectivity index is 2.40. The summed E-state index contributed by atoms with van der Waals surface area (Å²) < 4.78 is 0. The molecule has 0 bridgehead atoms. The Bertz CT molecular complexity index is 425. The van der Waals surface area contributed by atoms with Gasteiger partial charge in [-0.25, -0.2) is 9.59 Å². The fourth-order valence-electron chi connectivity index (χ4n) is 0.798. The molecular weight excluding hydrogens is 232 g/mol. The zero-order valence-corrected chi connectivity index (χ0v) is 8.78. The van der Waals surface area contributed by atoms with Crippen LogP contribution in [0.4, 0.5) is 10.5 Å². The van der Waals surface area contributed by atoms with E-state index >= 15 is 0 Å². The van der Waals surface area contributed by atoms with Gasteiger partial charge in [0, 0.05) is 17.5 Å². The van der Waals surface area contributed by atoms with E-state index in [1.54, 1.807) is 16.8 Å². The number of carbonyl (C=O) groups excluding carboxylic acids is 2. The number of carbonyl (C=O) groups is 3. The van der Waals surface area contributed by atoms with Crippen molar-refractivity contribution in [3.63, 3.8) is 0 Å². The highest BCUT2D eigenvalue weighted by Gasteiger charge is 2.05. The van der Waals surface area contributed by atoms with Crippen molar-refractivity contribution in [2.75, 3.05) is 5.32 Å². The highest BCUT2D eigenvalue weighted by Crippen LogP contribution is 2.10. The Morgan fingerprint density at radius 3 is 2.62 bits per heavy atom. The Labute approximate surface area is 94.6 Å². The molecule has 0 fully saturated rings. The van der Waals surface area contributed by atoms with Crippen LogP contribution >= 0.6 is 11.3 Å². The number of thiophene rings is 1. The molecule has 0 aliphatic heterocycles. The number of anilines is 1. The van der Waals surface area contributed by atoms with E-state index in [-0.39, 0.29) is 0 Å². The Kier molecular flexibility index (Phi) is 4.22. The third kappa shape index (κ3) is 4.38. The van der Waals surface area contributed by atoms with E-state index in [2.05, 4.69) is 5.32 Å². The van der Waals surface area contributed by atoms with Gasteiger partial charge in [0.25, 0.3) is 5.91 Å². The zero-order valence-electron chi connectivity index (χ0n) is 7.97. The van der Waals surface area contributed by atoms with Crippen molar-refractivity contribution in [3.05, 3.63) is 29.0 Å². The van der Waals surface area contributed by atoms with Gasteiger partial charge in [0.2, 0.25) is 0 Å². The van der Waals surface area contributed by atoms with Gasteiger partial charge in [-0.1, -0.05) is 0 Å². The molecule has 3 N–H and O–H groups in total. The molecule has 0 saturated heterocycles. The lowest BCUT2D eigenvalue weighted by Crippen LogP contribution is -2.33. The quantitative estimate of drug-likeness (QED) is 0.688. The molecule has 84 valence electrons. The molecule has 0 aromatic carbocycles. The minimum atomic E-state index is -1.26. The Morgan fingerprint density at radius 1 is 1.31 bits per heavy atom. The van der Waals surface area contributed by atoms with Crippen LogP contribution in [-0.2, 0) is 9.59 Å². The van der Waals surface area contributed by atoms with Crippen LogP contribution in [0.15, 0.2) is 29.0 Å². The standard InChI is InChI=1S/C9H8N2O4S/c12-7(1-2-8(13)14)11-9(15)10-6-3-4-16-5-6/h1-5H,(H,13,14)(H2,10,11,12,15). The molecular formula is C9H8N2O4S. The van der Waals surface area contributed by atoms with Crippen LogP contribution in [0.2, 0.25) is 0 Å². The maximum atomic E-state index is 11.1. The highest BCUT2D eigenvalue weighted by molar-refractivity contribution is 7.08.